The van der Waals surface area contributed by atoms with E-state index in [0.717, 1.165) is 26.5 Å². The van der Waals surface area contributed by atoms with Crippen LogP contribution in [-0.4, -0.2) is 42.5 Å². The number of amides is 3. The molecular weight excluding hydrogens is 601 g/mol. The SMILES string of the molecule is Cc1cc(F)ccc1N1CCCC(NC(=O)N(C)C(Cc2ccc(Br)cc2)Cc2ccc(Br)cc2)C1=O. The second kappa shape index (κ2) is 12.2. The molecule has 1 heterocycles. The summed E-state index contributed by atoms with van der Waals surface area (Å²) in [6.07, 6.45) is 2.66. The Morgan fingerprint density at radius 1 is 1.03 bits per heavy atom. The van der Waals surface area contributed by atoms with E-state index in [0.29, 0.717) is 37.1 Å². The minimum atomic E-state index is -0.630. The standard InChI is InChI=1S/C29H30Br2FN3O2/c1-19-16-24(32)13-14-27(19)35-15-3-4-26(28(35)36)33-29(37)34(2)25(17-20-5-9-22(30)10-6-20)18-21-7-11-23(31)12-8-21/h5-14,16,25-26H,3-4,15,17-18H2,1-2H3,(H,33,37). The molecule has 4 rings (SSSR count). The first-order valence-electron chi connectivity index (χ1n) is 12.3. The largest absolute Gasteiger partial charge is 0.326 e. The van der Waals surface area contributed by atoms with Crippen LogP contribution in [0.25, 0.3) is 0 Å². The summed E-state index contributed by atoms with van der Waals surface area (Å²) >= 11 is 6.96. The van der Waals surface area contributed by atoms with Gasteiger partial charge in [-0.2, -0.15) is 0 Å². The number of likely N-dealkylation sites (N-methyl/N-ethyl adjacent to an activating group) is 1. The zero-order valence-electron chi connectivity index (χ0n) is 20.9. The zero-order valence-corrected chi connectivity index (χ0v) is 24.1. The van der Waals surface area contributed by atoms with Gasteiger partial charge in [-0.3, -0.25) is 4.79 Å². The van der Waals surface area contributed by atoms with Gasteiger partial charge in [-0.25, -0.2) is 9.18 Å². The number of nitrogens with zero attached hydrogens (tertiary/aromatic N) is 2. The highest BCUT2D eigenvalue weighted by molar-refractivity contribution is 9.10. The molecule has 1 atom stereocenters. The number of piperidine rings is 1. The molecule has 0 bridgehead atoms. The summed E-state index contributed by atoms with van der Waals surface area (Å²) < 4.78 is 15.6. The molecule has 37 heavy (non-hydrogen) atoms. The molecule has 194 valence electrons. The fraction of sp³-hybridized carbons (Fsp3) is 0.310. The summed E-state index contributed by atoms with van der Waals surface area (Å²) in [6.45, 7) is 2.33. The van der Waals surface area contributed by atoms with Crippen molar-refractivity contribution in [1.29, 1.82) is 0 Å². The molecule has 1 aliphatic rings. The molecule has 8 heteroatoms. The Hall–Kier alpha value is -2.71. The molecule has 0 aromatic heterocycles. The first-order valence-corrected chi connectivity index (χ1v) is 13.9. The first kappa shape index (κ1) is 27.3. The third kappa shape index (κ3) is 6.99. The molecule has 5 nitrogen and oxygen atoms in total. The van der Waals surface area contributed by atoms with E-state index < -0.39 is 6.04 Å². The normalized spacial score (nSPS) is 15.7. The van der Waals surface area contributed by atoms with Gasteiger partial charge in [-0.1, -0.05) is 56.1 Å². The van der Waals surface area contributed by atoms with Gasteiger partial charge in [0.2, 0.25) is 5.91 Å². The minimum absolute atomic E-state index is 0.114. The number of rotatable bonds is 7. The van der Waals surface area contributed by atoms with Gasteiger partial charge in [0.15, 0.2) is 0 Å². The van der Waals surface area contributed by atoms with E-state index in [1.165, 1.54) is 12.1 Å². The first-order chi connectivity index (χ1) is 17.7. The fourth-order valence-corrected chi connectivity index (χ4v) is 5.25. The molecule has 0 radical (unpaired) electrons. The lowest BCUT2D eigenvalue weighted by atomic mass is 9.98. The number of urea groups is 1. The van der Waals surface area contributed by atoms with Gasteiger partial charge in [-0.05, 0) is 91.8 Å². The van der Waals surface area contributed by atoms with Gasteiger partial charge in [0.25, 0.3) is 0 Å². The molecule has 0 aliphatic carbocycles. The van der Waals surface area contributed by atoms with Crippen molar-refractivity contribution in [3.05, 3.63) is 98.2 Å². The van der Waals surface area contributed by atoms with Gasteiger partial charge in [0, 0.05) is 34.3 Å². The van der Waals surface area contributed by atoms with Crippen LogP contribution >= 0.6 is 31.9 Å². The van der Waals surface area contributed by atoms with Crippen LogP contribution in [0.1, 0.15) is 29.5 Å². The topological polar surface area (TPSA) is 52.7 Å². The lowest BCUT2D eigenvalue weighted by Gasteiger charge is -2.35. The van der Waals surface area contributed by atoms with Crippen LogP contribution < -0.4 is 10.2 Å². The molecule has 3 amide bonds. The number of anilines is 1. The van der Waals surface area contributed by atoms with Crippen molar-refractivity contribution in [3.63, 3.8) is 0 Å². The summed E-state index contributed by atoms with van der Waals surface area (Å²) in [5.41, 5.74) is 3.62. The van der Waals surface area contributed by atoms with E-state index in [2.05, 4.69) is 61.4 Å². The average molecular weight is 631 g/mol. The van der Waals surface area contributed by atoms with Crippen molar-refractivity contribution in [1.82, 2.24) is 10.2 Å². The summed E-state index contributed by atoms with van der Waals surface area (Å²) in [6, 6.07) is 19.6. The van der Waals surface area contributed by atoms with E-state index in [1.807, 2.05) is 24.3 Å². The number of carbonyl (C=O) groups is 2. The van der Waals surface area contributed by atoms with Crippen molar-refractivity contribution in [2.75, 3.05) is 18.5 Å². The van der Waals surface area contributed by atoms with Crippen LogP contribution in [0.4, 0.5) is 14.9 Å². The second-order valence-electron chi connectivity index (χ2n) is 9.49. The molecule has 1 unspecified atom stereocenters. The Balaban J connectivity index is 1.49. The number of nitrogens with one attached hydrogen (secondary N) is 1. The van der Waals surface area contributed by atoms with E-state index in [1.54, 1.807) is 29.8 Å². The quantitative estimate of drug-likeness (QED) is 0.318. The zero-order chi connectivity index (χ0) is 26.5. The highest BCUT2D eigenvalue weighted by Crippen LogP contribution is 2.26. The number of aryl methyl sites for hydroxylation is 1. The number of hydrogen-bond donors (Lipinski definition) is 1. The number of halogens is 3. The van der Waals surface area contributed by atoms with Crippen molar-refractivity contribution in [3.8, 4) is 0 Å². The lowest BCUT2D eigenvalue weighted by Crippen LogP contribution is -2.56. The Labute approximate surface area is 234 Å². The predicted molar refractivity (Wildman–Crippen MR) is 152 cm³/mol. The van der Waals surface area contributed by atoms with E-state index in [4.69, 9.17) is 0 Å². The summed E-state index contributed by atoms with van der Waals surface area (Å²) in [7, 11) is 1.78. The van der Waals surface area contributed by atoms with Crippen LogP contribution in [0.15, 0.2) is 75.7 Å². The predicted octanol–water partition coefficient (Wildman–Crippen LogP) is 6.65. The number of benzene rings is 3. The summed E-state index contributed by atoms with van der Waals surface area (Å²) in [4.78, 5) is 30.1. The fourth-order valence-electron chi connectivity index (χ4n) is 4.72. The number of carbonyl (C=O) groups excluding carboxylic acids is 2. The Kier molecular flexibility index (Phi) is 9.03. The van der Waals surface area contributed by atoms with Gasteiger partial charge in [-0.15, -0.1) is 0 Å². The van der Waals surface area contributed by atoms with Gasteiger partial charge in [0.1, 0.15) is 11.9 Å². The molecular formula is C29H30Br2FN3O2. The van der Waals surface area contributed by atoms with Gasteiger partial charge >= 0.3 is 6.03 Å². The van der Waals surface area contributed by atoms with E-state index in [-0.39, 0.29) is 23.8 Å². The highest BCUT2D eigenvalue weighted by Gasteiger charge is 2.33. The molecule has 1 N–H and O–H groups in total. The van der Waals surface area contributed by atoms with Crippen LogP contribution in [-0.2, 0) is 17.6 Å². The monoisotopic (exact) mass is 629 g/mol. The second-order valence-corrected chi connectivity index (χ2v) is 11.3. The van der Waals surface area contributed by atoms with Crippen molar-refractivity contribution in [2.45, 2.75) is 44.7 Å². The maximum absolute atomic E-state index is 13.6. The molecule has 1 fully saturated rings. The third-order valence-electron chi connectivity index (χ3n) is 6.82. The average Bonchev–Trinajstić information content (AvgIpc) is 2.87. The molecule has 0 saturated carbocycles. The Bertz CT molecular complexity index is 1200. The van der Waals surface area contributed by atoms with E-state index in [9.17, 15) is 14.0 Å². The molecule has 3 aromatic carbocycles. The van der Waals surface area contributed by atoms with E-state index >= 15 is 0 Å². The molecule has 1 saturated heterocycles. The maximum atomic E-state index is 13.6. The lowest BCUT2D eigenvalue weighted by molar-refractivity contribution is -0.121. The Morgan fingerprint density at radius 2 is 1.59 bits per heavy atom. The summed E-state index contributed by atoms with van der Waals surface area (Å²) in [5.74, 6) is -0.500. The molecule has 0 spiro atoms. The number of hydrogen-bond acceptors (Lipinski definition) is 2. The molecule has 1 aliphatic heterocycles. The van der Waals surface area contributed by atoms with Crippen LogP contribution in [0.5, 0.6) is 0 Å². The van der Waals surface area contributed by atoms with Gasteiger partial charge in [0.05, 0.1) is 0 Å². The van der Waals surface area contributed by atoms with Crippen LogP contribution in [0, 0.1) is 12.7 Å². The van der Waals surface area contributed by atoms with Crippen LogP contribution in [0.2, 0.25) is 0 Å². The van der Waals surface area contributed by atoms with Gasteiger partial charge < -0.3 is 15.1 Å². The van der Waals surface area contributed by atoms with Crippen molar-refractivity contribution in [2.24, 2.45) is 0 Å². The third-order valence-corrected chi connectivity index (χ3v) is 7.88. The maximum Gasteiger partial charge on any atom is 0.318 e. The van der Waals surface area contributed by atoms with Crippen molar-refractivity contribution < 1.29 is 14.0 Å². The highest BCUT2D eigenvalue weighted by atomic mass is 79.9. The summed E-state index contributed by atoms with van der Waals surface area (Å²) in [5, 5.41) is 2.98. The Morgan fingerprint density at radius 3 is 2.14 bits per heavy atom. The van der Waals surface area contributed by atoms with Crippen LogP contribution in [0.3, 0.4) is 0 Å². The minimum Gasteiger partial charge on any atom is -0.326 e. The molecule has 3 aromatic rings. The van der Waals surface area contributed by atoms with Crippen molar-refractivity contribution >= 4 is 49.5 Å². The smallest absolute Gasteiger partial charge is 0.318 e.